The maximum Gasteiger partial charge on any atom is 0.334 e. The molecule has 104 valence electrons. The zero-order chi connectivity index (χ0) is 13.2. The Balaban J connectivity index is 2.64. The average molecular weight is 270 g/mol. The largest absolute Gasteiger partial charge is 0.463 e. The Labute approximate surface area is 117 Å². The molecule has 0 fully saturated rings. The average Bonchev–Trinajstić information content (AvgIpc) is 2.34. The molecule has 1 aliphatic rings. The summed E-state index contributed by atoms with van der Waals surface area (Å²) in [6, 6.07) is 0. The lowest BCUT2D eigenvalue weighted by Gasteiger charge is -2.12. The highest BCUT2D eigenvalue weighted by Gasteiger charge is 2.14. The first-order valence-corrected chi connectivity index (χ1v) is 7.78. The Morgan fingerprint density at radius 3 is 2.06 bits per heavy atom. The summed E-state index contributed by atoms with van der Waals surface area (Å²) in [6.45, 7) is 2.30. The topological polar surface area (TPSA) is 26.3 Å². The molecule has 2 nitrogen and oxygen atoms in total. The molecule has 0 radical (unpaired) electrons. The molecule has 0 aromatic rings. The molecule has 0 aliphatic heterocycles. The molecule has 3 heteroatoms. The molecule has 0 N–H and O–H groups in total. The number of thiol groups is 1. The van der Waals surface area contributed by atoms with Crippen molar-refractivity contribution in [3.8, 4) is 0 Å². The molecule has 0 bridgehead atoms. The highest BCUT2D eigenvalue weighted by molar-refractivity contribution is 7.84. The second-order valence-electron chi connectivity index (χ2n) is 4.97. The maximum absolute atomic E-state index is 11.9. The van der Waals surface area contributed by atoms with Gasteiger partial charge in [0.2, 0.25) is 0 Å². The molecule has 1 aliphatic carbocycles. The minimum atomic E-state index is -0.153. The van der Waals surface area contributed by atoms with Crippen LogP contribution in [0, 0.1) is 0 Å². The van der Waals surface area contributed by atoms with Crippen LogP contribution in [0.3, 0.4) is 0 Å². The zero-order valence-corrected chi connectivity index (χ0v) is 12.4. The standard InChI is InChI=1S/C15H26O2S/c1-2-17-15(16)13-11-9-7-5-3-4-6-8-10-12-14(13)18/h18H,2-12H2,1H3. The second kappa shape index (κ2) is 9.48. The number of rotatable bonds is 2. The van der Waals surface area contributed by atoms with Crippen LogP contribution >= 0.6 is 12.6 Å². The van der Waals surface area contributed by atoms with Gasteiger partial charge in [0.25, 0.3) is 0 Å². The van der Waals surface area contributed by atoms with E-state index in [2.05, 4.69) is 12.6 Å². The summed E-state index contributed by atoms with van der Waals surface area (Å²) in [6.07, 6.45) is 11.7. The normalized spacial score (nSPS) is 19.9. The van der Waals surface area contributed by atoms with Crippen LogP contribution < -0.4 is 0 Å². The molecule has 0 unspecified atom stereocenters. The van der Waals surface area contributed by atoms with Gasteiger partial charge in [0.1, 0.15) is 0 Å². The molecule has 0 atom stereocenters. The van der Waals surface area contributed by atoms with E-state index < -0.39 is 0 Å². The highest BCUT2D eigenvalue weighted by atomic mass is 32.1. The van der Waals surface area contributed by atoms with E-state index in [0.29, 0.717) is 6.61 Å². The number of esters is 1. The summed E-state index contributed by atoms with van der Waals surface area (Å²) < 4.78 is 5.13. The number of hydrogen-bond acceptors (Lipinski definition) is 3. The van der Waals surface area contributed by atoms with E-state index in [-0.39, 0.29) is 5.97 Å². The molecule has 0 aromatic heterocycles. The van der Waals surface area contributed by atoms with Crippen LogP contribution in [0.15, 0.2) is 10.5 Å². The van der Waals surface area contributed by atoms with Crippen molar-refractivity contribution in [2.45, 2.75) is 71.1 Å². The van der Waals surface area contributed by atoms with Crippen LogP contribution in [-0.2, 0) is 9.53 Å². The molecule has 0 amide bonds. The fourth-order valence-corrected chi connectivity index (χ4v) is 2.75. The first-order valence-electron chi connectivity index (χ1n) is 7.33. The Morgan fingerprint density at radius 2 is 1.50 bits per heavy atom. The minimum absolute atomic E-state index is 0.153. The van der Waals surface area contributed by atoms with E-state index in [0.717, 1.165) is 36.2 Å². The van der Waals surface area contributed by atoms with Crippen LogP contribution in [0.25, 0.3) is 0 Å². The lowest BCUT2D eigenvalue weighted by molar-refractivity contribution is -0.138. The van der Waals surface area contributed by atoms with E-state index in [1.165, 1.54) is 38.5 Å². The van der Waals surface area contributed by atoms with Crippen molar-refractivity contribution in [1.29, 1.82) is 0 Å². The van der Waals surface area contributed by atoms with Gasteiger partial charge in [0, 0.05) is 5.57 Å². The summed E-state index contributed by atoms with van der Waals surface area (Å²) in [4.78, 5) is 12.8. The number of hydrogen-bond donors (Lipinski definition) is 1. The van der Waals surface area contributed by atoms with Gasteiger partial charge in [-0.2, -0.15) is 0 Å². The summed E-state index contributed by atoms with van der Waals surface area (Å²) in [7, 11) is 0. The second-order valence-corrected chi connectivity index (χ2v) is 5.51. The summed E-state index contributed by atoms with van der Waals surface area (Å²) in [5.41, 5.74) is 0.820. The van der Waals surface area contributed by atoms with Crippen LogP contribution in [-0.4, -0.2) is 12.6 Å². The fourth-order valence-electron chi connectivity index (χ4n) is 2.39. The number of ether oxygens (including phenoxy) is 1. The van der Waals surface area contributed by atoms with E-state index in [1.54, 1.807) is 0 Å². The van der Waals surface area contributed by atoms with E-state index in [1.807, 2.05) is 6.92 Å². The fraction of sp³-hybridized carbons (Fsp3) is 0.800. The van der Waals surface area contributed by atoms with Gasteiger partial charge in [-0.15, -0.1) is 12.6 Å². The monoisotopic (exact) mass is 270 g/mol. The predicted molar refractivity (Wildman–Crippen MR) is 78.8 cm³/mol. The predicted octanol–water partition coefficient (Wildman–Crippen LogP) is 4.65. The SMILES string of the molecule is CCOC(=O)C1=C(S)CCCCCCCCCC1. The van der Waals surface area contributed by atoms with Crippen molar-refractivity contribution in [1.82, 2.24) is 0 Å². The van der Waals surface area contributed by atoms with Crippen molar-refractivity contribution >= 4 is 18.6 Å². The molecular formula is C15H26O2S. The molecule has 0 aromatic carbocycles. The molecule has 1 rings (SSSR count). The Bertz CT molecular complexity index is 284. The van der Waals surface area contributed by atoms with Gasteiger partial charge >= 0.3 is 5.97 Å². The van der Waals surface area contributed by atoms with Gasteiger partial charge in [-0.25, -0.2) is 4.79 Å². The maximum atomic E-state index is 11.9. The van der Waals surface area contributed by atoms with Gasteiger partial charge in [-0.1, -0.05) is 38.5 Å². The third-order valence-electron chi connectivity index (χ3n) is 3.46. The molecule has 0 heterocycles. The first kappa shape index (κ1) is 15.6. The molecule has 0 saturated heterocycles. The van der Waals surface area contributed by atoms with E-state index in [4.69, 9.17) is 4.74 Å². The third-order valence-corrected chi connectivity index (χ3v) is 3.95. The van der Waals surface area contributed by atoms with Crippen LogP contribution in [0.4, 0.5) is 0 Å². The molecular weight excluding hydrogens is 244 g/mol. The summed E-state index contributed by atoms with van der Waals surface area (Å²) in [5.74, 6) is -0.153. The number of carbonyl (C=O) groups is 1. The van der Waals surface area contributed by atoms with Crippen LogP contribution in [0.1, 0.15) is 71.1 Å². The quantitative estimate of drug-likeness (QED) is 0.584. The number of allylic oxidation sites excluding steroid dienone is 1. The lowest BCUT2D eigenvalue weighted by Crippen LogP contribution is -2.09. The summed E-state index contributed by atoms with van der Waals surface area (Å²) in [5, 5.41) is 0. The van der Waals surface area contributed by atoms with Gasteiger partial charge in [-0.3, -0.25) is 0 Å². The number of carbonyl (C=O) groups excluding carboxylic acids is 1. The highest BCUT2D eigenvalue weighted by Crippen LogP contribution is 2.24. The Morgan fingerprint density at radius 1 is 1.00 bits per heavy atom. The van der Waals surface area contributed by atoms with Crippen molar-refractivity contribution in [3.05, 3.63) is 10.5 Å². The van der Waals surface area contributed by atoms with Crippen molar-refractivity contribution in [2.24, 2.45) is 0 Å². The van der Waals surface area contributed by atoms with Crippen LogP contribution in [0.5, 0.6) is 0 Å². The van der Waals surface area contributed by atoms with Gasteiger partial charge in [-0.05, 0) is 37.5 Å². The molecule has 18 heavy (non-hydrogen) atoms. The van der Waals surface area contributed by atoms with E-state index in [9.17, 15) is 4.79 Å². The summed E-state index contributed by atoms with van der Waals surface area (Å²) >= 11 is 4.53. The van der Waals surface area contributed by atoms with E-state index >= 15 is 0 Å². The lowest BCUT2D eigenvalue weighted by atomic mass is 10.0. The van der Waals surface area contributed by atoms with Gasteiger partial charge in [0.15, 0.2) is 0 Å². The van der Waals surface area contributed by atoms with Crippen molar-refractivity contribution < 1.29 is 9.53 Å². The van der Waals surface area contributed by atoms with Gasteiger partial charge < -0.3 is 4.74 Å². The first-order chi connectivity index (χ1) is 8.75. The van der Waals surface area contributed by atoms with Crippen molar-refractivity contribution in [2.75, 3.05) is 6.61 Å². The van der Waals surface area contributed by atoms with Gasteiger partial charge in [0.05, 0.1) is 6.61 Å². The molecule has 0 spiro atoms. The van der Waals surface area contributed by atoms with Crippen LogP contribution in [0.2, 0.25) is 0 Å². The third kappa shape index (κ3) is 5.94. The zero-order valence-electron chi connectivity index (χ0n) is 11.5. The Hall–Kier alpha value is -0.440. The minimum Gasteiger partial charge on any atom is -0.463 e. The molecule has 0 saturated carbocycles. The Kier molecular flexibility index (Phi) is 8.23. The van der Waals surface area contributed by atoms with Crippen molar-refractivity contribution in [3.63, 3.8) is 0 Å². The smallest absolute Gasteiger partial charge is 0.334 e.